The lowest BCUT2D eigenvalue weighted by Gasteiger charge is -2.12. The van der Waals surface area contributed by atoms with Crippen molar-refractivity contribution in [1.29, 1.82) is 0 Å². The van der Waals surface area contributed by atoms with Crippen molar-refractivity contribution in [1.82, 2.24) is 0 Å². The summed E-state index contributed by atoms with van der Waals surface area (Å²) in [5.41, 5.74) is 6.15. The van der Waals surface area contributed by atoms with Crippen molar-refractivity contribution in [3.8, 4) is 5.75 Å². The highest BCUT2D eigenvalue weighted by molar-refractivity contribution is 9.10. The molecule has 6 heteroatoms. The number of ether oxygens (including phenoxy) is 1. The molecule has 3 N–H and O–H groups in total. The summed E-state index contributed by atoms with van der Waals surface area (Å²) in [5.74, 6) is -1.54. The number of hydrogen-bond donors (Lipinski definition) is 2. The van der Waals surface area contributed by atoms with Gasteiger partial charge in [0.2, 0.25) is 0 Å². The summed E-state index contributed by atoms with van der Waals surface area (Å²) in [6.45, 7) is -0.104. The Morgan fingerprint density at radius 2 is 2.10 bits per heavy atom. The highest BCUT2D eigenvalue weighted by atomic mass is 79.9. The molecule has 0 saturated heterocycles. The fourth-order valence-electron chi connectivity index (χ4n) is 1.67. The van der Waals surface area contributed by atoms with Gasteiger partial charge in [0.1, 0.15) is 18.0 Å². The van der Waals surface area contributed by atoms with Crippen LogP contribution in [0.2, 0.25) is 0 Å². The Kier molecular flexibility index (Phi) is 4.24. The summed E-state index contributed by atoms with van der Waals surface area (Å²) >= 11 is 3.16. The number of hydrogen-bond acceptors (Lipinski definition) is 3. The van der Waals surface area contributed by atoms with Gasteiger partial charge in [-0.05, 0) is 24.3 Å². The highest BCUT2D eigenvalue weighted by Crippen LogP contribution is 2.27. The zero-order chi connectivity index (χ0) is 14.7. The van der Waals surface area contributed by atoms with E-state index < -0.39 is 11.8 Å². The van der Waals surface area contributed by atoms with Crippen molar-refractivity contribution in [2.24, 2.45) is 0 Å². The first-order chi connectivity index (χ1) is 9.49. The maximum absolute atomic E-state index is 13.7. The van der Waals surface area contributed by atoms with Crippen LogP contribution < -0.4 is 10.5 Å². The van der Waals surface area contributed by atoms with Gasteiger partial charge in [0.15, 0.2) is 5.75 Å². The van der Waals surface area contributed by atoms with E-state index in [1.165, 1.54) is 24.3 Å². The van der Waals surface area contributed by atoms with E-state index in [1.54, 1.807) is 12.1 Å². The van der Waals surface area contributed by atoms with Crippen LogP contribution in [-0.4, -0.2) is 11.1 Å². The first kappa shape index (κ1) is 14.3. The topological polar surface area (TPSA) is 72.6 Å². The van der Waals surface area contributed by atoms with E-state index in [2.05, 4.69) is 15.9 Å². The summed E-state index contributed by atoms with van der Waals surface area (Å²) in [5, 5.41) is 9.06. The molecular weight excluding hydrogens is 329 g/mol. The number of halogens is 2. The second kappa shape index (κ2) is 5.92. The van der Waals surface area contributed by atoms with Crippen LogP contribution in [0.4, 0.5) is 10.1 Å². The van der Waals surface area contributed by atoms with Gasteiger partial charge < -0.3 is 15.6 Å². The number of carboxylic acid groups (broad SMARTS) is 1. The summed E-state index contributed by atoms with van der Waals surface area (Å²) < 4.78 is 19.6. The molecule has 0 atom stereocenters. The molecule has 4 nitrogen and oxygen atoms in total. The minimum atomic E-state index is -1.15. The highest BCUT2D eigenvalue weighted by Gasteiger charge is 2.14. The van der Waals surface area contributed by atoms with Crippen LogP contribution >= 0.6 is 15.9 Å². The fourth-order valence-corrected chi connectivity index (χ4v) is 2.01. The van der Waals surface area contributed by atoms with Crippen LogP contribution in [0.3, 0.4) is 0 Å². The fraction of sp³-hybridized carbons (Fsp3) is 0.0714. The van der Waals surface area contributed by atoms with Crippen molar-refractivity contribution in [2.75, 3.05) is 5.73 Å². The molecule has 104 valence electrons. The zero-order valence-corrected chi connectivity index (χ0v) is 11.9. The number of nitrogens with two attached hydrogens (primary N) is 1. The number of carbonyl (C=O) groups is 1. The lowest BCUT2D eigenvalue weighted by molar-refractivity contribution is 0.0692. The van der Waals surface area contributed by atoms with Crippen molar-refractivity contribution in [3.63, 3.8) is 0 Å². The largest absolute Gasteiger partial charge is 0.486 e. The van der Waals surface area contributed by atoms with Crippen molar-refractivity contribution < 1.29 is 19.0 Å². The molecule has 2 aromatic rings. The molecule has 0 radical (unpaired) electrons. The third-order valence-electron chi connectivity index (χ3n) is 2.66. The second-order valence-corrected chi connectivity index (χ2v) is 4.97. The Labute approximate surface area is 123 Å². The molecule has 0 spiro atoms. The average molecular weight is 340 g/mol. The number of carboxylic acids is 1. The Bertz CT molecular complexity index is 661. The third-order valence-corrected chi connectivity index (χ3v) is 3.16. The van der Waals surface area contributed by atoms with Gasteiger partial charge in [0.25, 0.3) is 0 Å². The monoisotopic (exact) mass is 339 g/mol. The minimum Gasteiger partial charge on any atom is -0.486 e. The molecular formula is C14H11BrFNO3. The first-order valence-corrected chi connectivity index (χ1v) is 6.47. The molecule has 0 saturated carbocycles. The second-order valence-electron chi connectivity index (χ2n) is 4.05. The maximum Gasteiger partial charge on any atom is 0.339 e. The van der Waals surface area contributed by atoms with Crippen LogP contribution in [0, 0.1) is 5.82 Å². The molecule has 0 aromatic heterocycles. The third kappa shape index (κ3) is 3.08. The van der Waals surface area contributed by atoms with Gasteiger partial charge in [-0.2, -0.15) is 0 Å². The average Bonchev–Trinajstić information content (AvgIpc) is 2.38. The van der Waals surface area contributed by atoms with E-state index in [9.17, 15) is 9.18 Å². The lowest BCUT2D eigenvalue weighted by Crippen LogP contribution is -2.06. The van der Waals surface area contributed by atoms with Crippen LogP contribution in [0.5, 0.6) is 5.75 Å². The molecule has 0 aliphatic rings. The normalized spacial score (nSPS) is 10.3. The SMILES string of the molecule is Nc1cccc(C(=O)O)c1OCc1ccc(Br)cc1F. The van der Waals surface area contributed by atoms with Gasteiger partial charge >= 0.3 is 5.97 Å². The smallest absolute Gasteiger partial charge is 0.339 e. The summed E-state index contributed by atoms with van der Waals surface area (Å²) in [7, 11) is 0. The van der Waals surface area contributed by atoms with Crippen LogP contribution in [-0.2, 0) is 6.61 Å². The number of rotatable bonds is 4. The minimum absolute atomic E-state index is 0.0438. The standard InChI is InChI=1S/C14H11BrFNO3/c15-9-5-4-8(11(16)6-9)7-20-13-10(14(18)19)2-1-3-12(13)17/h1-6H,7,17H2,(H,18,19). The Morgan fingerprint density at radius 1 is 1.35 bits per heavy atom. The van der Waals surface area contributed by atoms with Gasteiger partial charge in [-0.3, -0.25) is 0 Å². The van der Waals surface area contributed by atoms with Crippen LogP contribution in [0.25, 0.3) is 0 Å². The van der Waals surface area contributed by atoms with E-state index in [4.69, 9.17) is 15.6 Å². The Balaban J connectivity index is 2.25. The summed E-state index contributed by atoms with van der Waals surface area (Å²) in [6, 6.07) is 8.97. The van der Waals surface area contributed by atoms with Crippen molar-refractivity contribution >= 4 is 27.6 Å². The van der Waals surface area contributed by atoms with E-state index in [1.807, 2.05) is 0 Å². The van der Waals surface area contributed by atoms with Crippen LogP contribution in [0.1, 0.15) is 15.9 Å². The molecule has 2 rings (SSSR count). The lowest BCUT2D eigenvalue weighted by atomic mass is 10.1. The predicted molar refractivity (Wildman–Crippen MR) is 76.2 cm³/mol. The van der Waals surface area contributed by atoms with Crippen molar-refractivity contribution in [2.45, 2.75) is 6.61 Å². The van der Waals surface area contributed by atoms with Crippen LogP contribution in [0.15, 0.2) is 40.9 Å². The number of aromatic carboxylic acids is 1. The molecule has 0 bridgehead atoms. The molecule has 20 heavy (non-hydrogen) atoms. The number of nitrogen functional groups attached to an aromatic ring is 1. The number of benzene rings is 2. The first-order valence-electron chi connectivity index (χ1n) is 5.67. The van der Waals surface area contributed by atoms with E-state index >= 15 is 0 Å². The van der Waals surface area contributed by atoms with Crippen molar-refractivity contribution in [3.05, 3.63) is 57.8 Å². The molecule has 0 amide bonds. The van der Waals surface area contributed by atoms with Gasteiger partial charge in [-0.1, -0.05) is 28.1 Å². The molecule has 2 aromatic carbocycles. The molecule has 0 aliphatic heterocycles. The summed E-state index contributed by atoms with van der Waals surface area (Å²) in [6.07, 6.45) is 0. The number of anilines is 1. The van der Waals surface area contributed by atoms with E-state index in [0.29, 0.717) is 10.0 Å². The molecule has 0 unspecified atom stereocenters. The summed E-state index contributed by atoms with van der Waals surface area (Å²) in [4.78, 5) is 11.1. The van der Waals surface area contributed by atoms with Gasteiger partial charge in [-0.15, -0.1) is 0 Å². The molecule has 0 fully saturated rings. The van der Waals surface area contributed by atoms with Gasteiger partial charge in [0, 0.05) is 10.0 Å². The zero-order valence-electron chi connectivity index (χ0n) is 10.3. The maximum atomic E-state index is 13.7. The molecule has 0 heterocycles. The molecule has 0 aliphatic carbocycles. The van der Waals surface area contributed by atoms with E-state index in [0.717, 1.165) is 0 Å². The Hall–Kier alpha value is -2.08. The van der Waals surface area contributed by atoms with E-state index in [-0.39, 0.29) is 23.6 Å². The Morgan fingerprint density at radius 3 is 2.75 bits per heavy atom. The predicted octanol–water partition coefficient (Wildman–Crippen LogP) is 3.45. The quantitative estimate of drug-likeness (QED) is 0.837. The van der Waals surface area contributed by atoms with Gasteiger partial charge in [0.05, 0.1) is 5.69 Å². The number of para-hydroxylation sites is 1. The van der Waals surface area contributed by atoms with Gasteiger partial charge in [-0.25, -0.2) is 9.18 Å².